The molecule has 156 valence electrons. The van der Waals surface area contributed by atoms with Crippen LogP contribution in [0.4, 0.5) is 0 Å². The third-order valence-electron chi connectivity index (χ3n) is 4.58. The molecule has 0 saturated heterocycles. The number of nitrogens with zero attached hydrogens (tertiary/aromatic N) is 2. The second kappa shape index (κ2) is 9.73. The fourth-order valence-electron chi connectivity index (χ4n) is 2.99. The molecule has 0 atom stereocenters. The summed E-state index contributed by atoms with van der Waals surface area (Å²) in [5.41, 5.74) is 2.93. The highest BCUT2D eigenvalue weighted by Crippen LogP contribution is 2.22. The van der Waals surface area contributed by atoms with Crippen LogP contribution >= 0.6 is 0 Å². The van der Waals surface area contributed by atoms with E-state index in [0.29, 0.717) is 22.7 Å². The van der Waals surface area contributed by atoms with E-state index in [1.165, 1.54) is 0 Å². The SMILES string of the molecule is CCOC(=O)c1nn(-c2ccc(OC)cc2)c(CC(=O)OCc2ccccc2)c1C. The van der Waals surface area contributed by atoms with Gasteiger partial charge >= 0.3 is 11.9 Å². The van der Waals surface area contributed by atoms with Crippen molar-refractivity contribution >= 4 is 11.9 Å². The summed E-state index contributed by atoms with van der Waals surface area (Å²) in [5.74, 6) is -0.245. The van der Waals surface area contributed by atoms with Crippen LogP contribution in [-0.4, -0.2) is 35.4 Å². The molecule has 30 heavy (non-hydrogen) atoms. The van der Waals surface area contributed by atoms with Gasteiger partial charge in [0.1, 0.15) is 12.4 Å². The van der Waals surface area contributed by atoms with Crippen LogP contribution in [0.5, 0.6) is 5.75 Å². The van der Waals surface area contributed by atoms with Gasteiger partial charge < -0.3 is 14.2 Å². The molecule has 0 fully saturated rings. The minimum Gasteiger partial charge on any atom is -0.497 e. The Morgan fingerprint density at radius 3 is 2.33 bits per heavy atom. The van der Waals surface area contributed by atoms with E-state index < -0.39 is 11.9 Å². The number of ether oxygens (including phenoxy) is 3. The zero-order valence-corrected chi connectivity index (χ0v) is 17.3. The largest absolute Gasteiger partial charge is 0.497 e. The third kappa shape index (κ3) is 4.86. The number of esters is 2. The first-order valence-corrected chi connectivity index (χ1v) is 9.63. The van der Waals surface area contributed by atoms with Crippen LogP contribution in [-0.2, 0) is 27.3 Å². The van der Waals surface area contributed by atoms with E-state index in [4.69, 9.17) is 14.2 Å². The number of rotatable bonds is 8. The molecule has 0 amide bonds. The van der Waals surface area contributed by atoms with E-state index in [2.05, 4.69) is 5.10 Å². The first-order chi connectivity index (χ1) is 14.5. The molecule has 0 saturated carbocycles. The van der Waals surface area contributed by atoms with E-state index in [-0.39, 0.29) is 25.3 Å². The second-order valence-electron chi connectivity index (χ2n) is 6.57. The van der Waals surface area contributed by atoms with Gasteiger partial charge in [-0.3, -0.25) is 4.79 Å². The van der Waals surface area contributed by atoms with E-state index >= 15 is 0 Å². The van der Waals surface area contributed by atoms with Crippen molar-refractivity contribution in [2.75, 3.05) is 13.7 Å². The lowest BCUT2D eigenvalue weighted by Gasteiger charge is -2.10. The number of carbonyl (C=O) groups excluding carboxylic acids is 2. The standard InChI is InChI=1S/C23H24N2O5/c1-4-29-23(27)22-16(2)20(14-21(26)30-15-17-8-6-5-7-9-17)25(24-22)18-10-12-19(28-3)13-11-18/h5-13H,4,14-15H2,1-3H3. The molecule has 0 aliphatic heterocycles. The molecular formula is C23H24N2O5. The van der Waals surface area contributed by atoms with Crippen LogP contribution in [0.15, 0.2) is 54.6 Å². The molecular weight excluding hydrogens is 384 g/mol. The van der Waals surface area contributed by atoms with Crippen LogP contribution in [0, 0.1) is 6.92 Å². The molecule has 7 nitrogen and oxygen atoms in total. The monoisotopic (exact) mass is 408 g/mol. The Morgan fingerprint density at radius 1 is 1.00 bits per heavy atom. The quantitative estimate of drug-likeness (QED) is 0.530. The van der Waals surface area contributed by atoms with Gasteiger partial charge in [0.15, 0.2) is 5.69 Å². The van der Waals surface area contributed by atoms with Crippen LogP contribution in [0.1, 0.15) is 34.2 Å². The molecule has 3 rings (SSSR count). The number of aromatic nitrogens is 2. The topological polar surface area (TPSA) is 79.6 Å². The molecule has 0 unspecified atom stereocenters. The summed E-state index contributed by atoms with van der Waals surface area (Å²) < 4.78 is 17.3. The second-order valence-corrected chi connectivity index (χ2v) is 6.57. The summed E-state index contributed by atoms with van der Waals surface area (Å²) in [6.45, 7) is 3.90. The highest BCUT2D eigenvalue weighted by Gasteiger charge is 2.24. The molecule has 0 N–H and O–H groups in total. The Kier molecular flexibility index (Phi) is 6.85. The van der Waals surface area contributed by atoms with Gasteiger partial charge in [0.05, 0.1) is 31.5 Å². The number of methoxy groups -OCH3 is 1. The number of carbonyl (C=O) groups is 2. The summed E-state index contributed by atoms with van der Waals surface area (Å²) in [7, 11) is 1.58. The van der Waals surface area contributed by atoms with Crippen molar-refractivity contribution in [2.24, 2.45) is 0 Å². The molecule has 0 spiro atoms. The fourth-order valence-corrected chi connectivity index (χ4v) is 2.99. The van der Waals surface area contributed by atoms with Gasteiger partial charge in [-0.2, -0.15) is 5.10 Å². The van der Waals surface area contributed by atoms with Gasteiger partial charge in [-0.1, -0.05) is 30.3 Å². The maximum Gasteiger partial charge on any atom is 0.359 e. The Balaban J connectivity index is 1.88. The highest BCUT2D eigenvalue weighted by molar-refractivity contribution is 5.89. The predicted octanol–water partition coefficient (Wildman–Crippen LogP) is 3.65. The summed E-state index contributed by atoms with van der Waals surface area (Å²) >= 11 is 0. The van der Waals surface area contributed by atoms with Gasteiger partial charge in [0.2, 0.25) is 0 Å². The molecule has 2 aromatic carbocycles. The van der Waals surface area contributed by atoms with Gasteiger partial charge in [0, 0.05) is 5.56 Å². The Bertz CT molecular complexity index is 1010. The molecule has 7 heteroatoms. The lowest BCUT2D eigenvalue weighted by atomic mass is 10.1. The van der Waals surface area contributed by atoms with Crippen LogP contribution in [0.2, 0.25) is 0 Å². The van der Waals surface area contributed by atoms with Crippen molar-refractivity contribution in [1.29, 1.82) is 0 Å². The molecule has 0 aliphatic carbocycles. The highest BCUT2D eigenvalue weighted by atomic mass is 16.5. The van der Waals surface area contributed by atoms with Gasteiger partial charge in [-0.25, -0.2) is 9.48 Å². The van der Waals surface area contributed by atoms with Crippen molar-refractivity contribution in [2.45, 2.75) is 26.9 Å². The fraction of sp³-hybridized carbons (Fsp3) is 0.261. The van der Waals surface area contributed by atoms with E-state index in [1.54, 1.807) is 49.9 Å². The number of hydrogen-bond acceptors (Lipinski definition) is 6. The van der Waals surface area contributed by atoms with Gasteiger partial charge in [-0.05, 0) is 43.7 Å². The minimum atomic E-state index is -0.527. The normalized spacial score (nSPS) is 10.5. The third-order valence-corrected chi connectivity index (χ3v) is 4.58. The zero-order valence-electron chi connectivity index (χ0n) is 17.3. The van der Waals surface area contributed by atoms with Crippen molar-refractivity contribution in [3.05, 3.63) is 77.1 Å². The smallest absolute Gasteiger partial charge is 0.359 e. The maximum absolute atomic E-state index is 12.5. The Hall–Kier alpha value is -3.61. The maximum atomic E-state index is 12.5. The molecule has 0 aliphatic rings. The minimum absolute atomic E-state index is 0.0307. The summed E-state index contributed by atoms with van der Waals surface area (Å²) in [5, 5.41) is 4.42. The van der Waals surface area contributed by atoms with Crippen LogP contribution in [0.25, 0.3) is 5.69 Å². The average molecular weight is 408 g/mol. The van der Waals surface area contributed by atoms with Gasteiger partial charge in [0.25, 0.3) is 0 Å². The zero-order chi connectivity index (χ0) is 21.5. The summed E-state index contributed by atoms with van der Waals surface area (Å²) in [6.07, 6.45) is -0.0307. The number of benzene rings is 2. The lowest BCUT2D eigenvalue weighted by molar-refractivity contribution is -0.144. The molecule has 3 aromatic rings. The van der Waals surface area contributed by atoms with E-state index in [0.717, 1.165) is 5.56 Å². The molecule has 1 aromatic heterocycles. The predicted molar refractivity (Wildman–Crippen MR) is 111 cm³/mol. The average Bonchev–Trinajstić information content (AvgIpc) is 3.09. The lowest BCUT2D eigenvalue weighted by Crippen LogP contribution is -2.13. The van der Waals surface area contributed by atoms with E-state index in [9.17, 15) is 9.59 Å². The van der Waals surface area contributed by atoms with Crippen molar-refractivity contribution in [3.8, 4) is 11.4 Å². The van der Waals surface area contributed by atoms with E-state index in [1.807, 2.05) is 30.3 Å². The molecule has 0 radical (unpaired) electrons. The van der Waals surface area contributed by atoms with Crippen molar-refractivity contribution in [3.63, 3.8) is 0 Å². The van der Waals surface area contributed by atoms with Crippen LogP contribution in [0.3, 0.4) is 0 Å². The Morgan fingerprint density at radius 2 is 1.70 bits per heavy atom. The van der Waals surface area contributed by atoms with Gasteiger partial charge in [-0.15, -0.1) is 0 Å². The van der Waals surface area contributed by atoms with Crippen LogP contribution < -0.4 is 4.74 Å². The first kappa shape index (κ1) is 21.1. The molecule has 1 heterocycles. The van der Waals surface area contributed by atoms with Crippen molar-refractivity contribution < 1.29 is 23.8 Å². The summed E-state index contributed by atoms with van der Waals surface area (Å²) in [4.78, 5) is 24.9. The van der Waals surface area contributed by atoms with Crippen molar-refractivity contribution in [1.82, 2.24) is 9.78 Å². The molecule has 0 bridgehead atoms. The Labute approximate surface area is 175 Å². The summed E-state index contributed by atoms with van der Waals surface area (Å²) in [6, 6.07) is 16.6. The number of hydrogen-bond donors (Lipinski definition) is 0. The first-order valence-electron chi connectivity index (χ1n) is 9.63.